The zero-order valence-corrected chi connectivity index (χ0v) is 9.78. The van der Waals surface area contributed by atoms with Gasteiger partial charge in [0.15, 0.2) is 0 Å². The van der Waals surface area contributed by atoms with Gasteiger partial charge in [-0.3, -0.25) is 0 Å². The van der Waals surface area contributed by atoms with Crippen molar-refractivity contribution in [3.05, 3.63) is 17.8 Å². The highest BCUT2D eigenvalue weighted by molar-refractivity contribution is 7.17. The monoisotopic (exact) mass is 234 g/mol. The number of fused-ring (bicyclic) bond motifs is 1. The van der Waals surface area contributed by atoms with Crippen molar-refractivity contribution < 1.29 is 0 Å². The Morgan fingerprint density at radius 1 is 1.44 bits per heavy atom. The molecule has 2 aromatic rings. The number of rotatable bonds is 1. The van der Waals surface area contributed by atoms with E-state index in [1.165, 1.54) is 4.70 Å². The third-order valence-electron chi connectivity index (χ3n) is 2.98. The Labute approximate surface area is 98.1 Å². The van der Waals surface area contributed by atoms with Gasteiger partial charge in [0.25, 0.3) is 0 Å². The van der Waals surface area contributed by atoms with Gasteiger partial charge in [0.2, 0.25) is 0 Å². The van der Waals surface area contributed by atoms with Crippen molar-refractivity contribution in [3.63, 3.8) is 0 Å². The molecule has 0 aromatic carbocycles. The first-order valence-corrected chi connectivity index (χ1v) is 6.41. The van der Waals surface area contributed by atoms with Gasteiger partial charge in [-0.25, -0.2) is 9.97 Å². The highest BCUT2D eigenvalue weighted by Gasteiger charge is 2.20. The summed E-state index contributed by atoms with van der Waals surface area (Å²) in [6, 6.07) is 2.31. The van der Waals surface area contributed by atoms with Gasteiger partial charge < -0.3 is 10.6 Å². The molecule has 2 N–H and O–H groups in total. The molecule has 3 heterocycles. The number of nitrogens with two attached hydrogens (primary N) is 1. The summed E-state index contributed by atoms with van der Waals surface area (Å²) in [4.78, 5) is 11.0. The van der Waals surface area contributed by atoms with Crippen LogP contribution in [0.2, 0.25) is 0 Å². The Balaban J connectivity index is 2.01. The van der Waals surface area contributed by atoms with E-state index in [4.69, 9.17) is 5.73 Å². The maximum Gasteiger partial charge on any atom is 0.150 e. The second-order valence-corrected chi connectivity index (χ2v) is 5.10. The molecule has 3 rings (SSSR count). The Morgan fingerprint density at radius 3 is 3.25 bits per heavy atom. The van der Waals surface area contributed by atoms with E-state index >= 15 is 0 Å². The van der Waals surface area contributed by atoms with Crippen molar-refractivity contribution in [2.45, 2.75) is 18.9 Å². The Kier molecular flexibility index (Phi) is 2.49. The number of piperidine rings is 1. The predicted molar refractivity (Wildman–Crippen MR) is 66.8 cm³/mol. The molecule has 16 heavy (non-hydrogen) atoms. The summed E-state index contributed by atoms with van der Waals surface area (Å²) in [7, 11) is 0. The zero-order chi connectivity index (χ0) is 11.0. The van der Waals surface area contributed by atoms with Crippen LogP contribution >= 0.6 is 11.3 Å². The van der Waals surface area contributed by atoms with E-state index in [0.717, 1.165) is 37.3 Å². The standard InChI is InChI=1S/C11H14N4S/c12-8-2-1-4-15(6-8)11-10-9(3-5-16-10)13-7-14-11/h3,5,7-8H,1-2,4,6,12H2/t8-/m1/s1. The highest BCUT2D eigenvalue weighted by atomic mass is 32.1. The molecule has 0 aliphatic carbocycles. The van der Waals surface area contributed by atoms with Crippen LogP contribution in [0, 0.1) is 0 Å². The van der Waals surface area contributed by atoms with Crippen molar-refractivity contribution >= 4 is 27.4 Å². The second-order valence-electron chi connectivity index (χ2n) is 4.18. The fraction of sp³-hybridized carbons (Fsp3) is 0.455. The van der Waals surface area contributed by atoms with E-state index in [9.17, 15) is 0 Å². The van der Waals surface area contributed by atoms with E-state index in [0.29, 0.717) is 0 Å². The van der Waals surface area contributed by atoms with Crippen molar-refractivity contribution in [1.82, 2.24) is 9.97 Å². The van der Waals surface area contributed by atoms with Crippen LogP contribution in [-0.2, 0) is 0 Å². The van der Waals surface area contributed by atoms with Gasteiger partial charge in [-0.1, -0.05) is 0 Å². The van der Waals surface area contributed by atoms with Gasteiger partial charge in [0.05, 0.1) is 10.2 Å². The third kappa shape index (κ3) is 1.66. The summed E-state index contributed by atoms with van der Waals surface area (Å²) in [5.74, 6) is 1.05. The largest absolute Gasteiger partial charge is 0.354 e. The van der Waals surface area contributed by atoms with Crippen molar-refractivity contribution in [3.8, 4) is 0 Å². The molecule has 4 nitrogen and oxygen atoms in total. The average molecular weight is 234 g/mol. The van der Waals surface area contributed by atoms with Gasteiger partial charge in [-0.05, 0) is 24.3 Å². The second kappa shape index (κ2) is 3.99. The number of nitrogens with zero attached hydrogens (tertiary/aromatic N) is 3. The van der Waals surface area contributed by atoms with Crippen LogP contribution in [0.3, 0.4) is 0 Å². The van der Waals surface area contributed by atoms with Crippen LogP contribution in [0.5, 0.6) is 0 Å². The Hall–Kier alpha value is -1.20. The van der Waals surface area contributed by atoms with Gasteiger partial charge >= 0.3 is 0 Å². The number of aromatic nitrogens is 2. The third-order valence-corrected chi connectivity index (χ3v) is 3.88. The molecule has 1 saturated heterocycles. The van der Waals surface area contributed by atoms with E-state index in [1.54, 1.807) is 17.7 Å². The van der Waals surface area contributed by atoms with Crippen molar-refractivity contribution in [2.75, 3.05) is 18.0 Å². The van der Waals surface area contributed by atoms with E-state index in [1.807, 2.05) is 6.07 Å². The van der Waals surface area contributed by atoms with Gasteiger partial charge in [0, 0.05) is 19.1 Å². The van der Waals surface area contributed by atoms with Crippen LogP contribution in [0.1, 0.15) is 12.8 Å². The fourth-order valence-electron chi connectivity index (χ4n) is 2.20. The van der Waals surface area contributed by atoms with Crippen LogP contribution in [-0.4, -0.2) is 29.1 Å². The minimum Gasteiger partial charge on any atom is -0.354 e. The summed E-state index contributed by atoms with van der Waals surface area (Å²) in [5.41, 5.74) is 7.04. The molecular formula is C11H14N4S. The molecule has 1 fully saturated rings. The van der Waals surface area contributed by atoms with Gasteiger partial charge in [-0.2, -0.15) is 0 Å². The molecule has 0 radical (unpaired) electrons. The van der Waals surface area contributed by atoms with E-state index in [-0.39, 0.29) is 6.04 Å². The quantitative estimate of drug-likeness (QED) is 0.814. The lowest BCUT2D eigenvalue weighted by Gasteiger charge is -2.31. The Morgan fingerprint density at radius 2 is 2.38 bits per heavy atom. The van der Waals surface area contributed by atoms with E-state index < -0.39 is 0 Å². The maximum atomic E-state index is 6.00. The topological polar surface area (TPSA) is 55.0 Å². The molecule has 1 aliphatic rings. The van der Waals surface area contributed by atoms with Crippen LogP contribution in [0.15, 0.2) is 17.8 Å². The first kappa shape index (κ1) is 9.99. The molecule has 0 amide bonds. The lowest BCUT2D eigenvalue weighted by molar-refractivity contribution is 0.504. The molecular weight excluding hydrogens is 220 g/mol. The lowest BCUT2D eigenvalue weighted by atomic mass is 10.1. The smallest absolute Gasteiger partial charge is 0.150 e. The minimum absolute atomic E-state index is 0.277. The lowest BCUT2D eigenvalue weighted by Crippen LogP contribution is -2.43. The first-order valence-electron chi connectivity index (χ1n) is 5.53. The summed E-state index contributed by atoms with van der Waals surface area (Å²) in [6.45, 7) is 1.96. The molecule has 0 spiro atoms. The number of hydrogen-bond acceptors (Lipinski definition) is 5. The molecule has 0 bridgehead atoms. The predicted octanol–water partition coefficient (Wildman–Crippen LogP) is 1.62. The van der Waals surface area contributed by atoms with Crippen molar-refractivity contribution in [1.29, 1.82) is 0 Å². The van der Waals surface area contributed by atoms with Gasteiger partial charge in [0.1, 0.15) is 12.1 Å². The molecule has 0 unspecified atom stereocenters. The summed E-state index contributed by atoms with van der Waals surface area (Å²) < 4.78 is 1.18. The van der Waals surface area contributed by atoms with E-state index in [2.05, 4.69) is 20.2 Å². The fourth-order valence-corrected chi connectivity index (χ4v) is 3.07. The first-order chi connectivity index (χ1) is 7.84. The van der Waals surface area contributed by atoms with Crippen LogP contribution in [0.25, 0.3) is 10.2 Å². The van der Waals surface area contributed by atoms with Crippen molar-refractivity contribution in [2.24, 2.45) is 5.73 Å². The van der Waals surface area contributed by atoms with Crippen LogP contribution in [0.4, 0.5) is 5.82 Å². The normalized spacial score (nSPS) is 21.6. The molecule has 1 atom stereocenters. The average Bonchev–Trinajstić information content (AvgIpc) is 2.76. The molecule has 84 valence electrons. The van der Waals surface area contributed by atoms with Gasteiger partial charge in [-0.15, -0.1) is 11.3 Å². The van der Waals surface area contributed by atoms with Crippen LogP contribution < -0.4 is 10.6 Å². The minimum atomic E-state index is 0.277. The zero-order valence-electron chi connectivity index (χ0n) is 8.97. The molecule has 5 heteroatoms. The highest BCUT2D eigenvalue weighted by Crippen LogP contribution is 2.29. The summed E-state index contributed by atoms with van der Waals surface area (Å²) in [5, 5.41) is 2.06. The summed E-state index contributed by atoms with van der Waals surface area (Å²) >= 11 is 1.70. The molecule has 0 saturated carbocycles. The SMILES string of the molecule is N[C@@H]1CCCN(c2ncnc3ccsc23)C1. The number of thiophene rings is 1. The molecule has 2 aromatic heterocycles. The number of hydrogen-bond donors (Lipinski definition) is 1. The Bertz CT molecular complexity index is 495. The molecule has 1 aliphatic heterocycles. The maximum absolute atomic E-state index is 6.00. The summed E-state index contributed by atoms with van der Waals surface area (Å²) in [6.07, 6.45) is 3.91. The number of anilines is 1.